The van der Waals surface area contributed by atoms with Crippen molar-refractivity contribution >= 4 is 9.84 Å². The van der Waals surface area contributed by atoms with Crippen LogP contribution in [0.5, 0.6) is 0 Å². The van der Waals surface area contributed by atoms with E-state index in [2.05, 4.69) is 4.98 Å². The first kappa shape index (κ1) is 16.1. The third-order valence-electron chi connectivity index (χ3n) is 4.09. The van der Waals surface area contributed by atoms with Crippen LogP contribution in [0.1, 0.15) is 35.6 Å². The number of hydrogen-bond acceptors (Lipinski definition) is 3. The molecule has 3 rings (SSSR count). The standard InChI is InChI=1S/C17H17F2NO2S/c1-17(18,19)15-7-12(9-20-10-15)11-23(21,22)16-6-5-13-3-2-4-14(13)8-16/h5-10H,2-4,11H2,1H3. The van der Waals surface area contributed by atoms with E-state index >= 15 is 0 Å². The summed E-state index contributed by atoms with van der Waals surface area (Å²) in [6, 6.07) is 6.37. The van der Waals surface area contributed by atoms with Crippen LogP contribution in [0.4, 0.5) is 8.78 Å². The van der Waals surface area contributed by atoms with E-state index in [1.165, 1.54) is 17.8 Å². The maximum atomic E-state index is 13.4. The molecule has 122 valence electrons. The van der Waals surface area contributed by atoms with Gasteiger partial charge in [0.05, 0.1) is 10.6 Å². The molecule has 0 spiro atoms. The van der Waals surface area contributed by atoms with Gasteiger partial charge in [-0.3, -0.25) is 4.98 Å². The molecule has 6 heteroatoms. The first-order chi connectivity index (χ1) is 10.8. The molecule has 0 bridgehead atoms. The van der Waals surface area contributed by atoms with Crippen molar-refractivity contribution in [3.63, 3.8) is 0 Å². The van der Waals surface area contributed by atoms with Crippen molar-refractivity contribution in [2.24, 2.45) is 0 Å². The van der Waals surface area contributed by atoms with Crippen LogP contribution < -0.4 is 0 Å². The molecule has 0 atom stereocenters. The average Bonchev–Trinajstić information content (AvgIpc) is 2.93. The van der Waals surface area contributed by atoms with Gasteiger partial charge in [-0.15, -0.1) is 0 Å². The molecule has 0 saturated carbocycles. The number of rotatable bonds is 4. The summed E-state index contributed by atoms with van der Waals surface area (Å²) in [5, 5.41) is 0. The van der Waals surface area contributed by atoms with Crippen LogP contribution in [0.3, 0.4) is 0 Å². The summed E-state index contributed by atoms with van der Waals surface area (Å²) in [7, 11) is -3.58. The molecular weight excluding hydrogens is 320 g/mol. The van der Waals surface area contributed by atoms with E-state index in [0.717, 1.165) is 37.9 Å². The molecule has 3 nitrogen and oxygen atoms in total. The first-order valence-corrected chi connectivity index (χ1v) is 9.08. The Labute approximate surface area is 134 Å². The normalized spacial score (nSPS) is 14.7. The van der Waals surface area contributed by atoms with E-state index in [1.807, 2.05) is 6.07 Å². The molecular formula is C17H17F2NO2S. The molecule has 1 aliphatic rings. The largest absolute Gasteiger partial charge is 0.272 e. The second kappa shape index (κ2) is 5.67. The van der Waals surface area contributed by atoms with Crippen molar-refractivity contribution in [1.82, 2.24) is 4.98 Å². The molecule has 0 N–H and O–H groups in total. The van der Waals surface area contributed by atoms with Crippen molar-refractivity contribution in [3.05, 3.63) is 58.9 Å². The van der Waals surface area contributed by atoms with Crippen molar-refractivity contribution < 1.29 is 17.2 Å². The van der Waals surface area contributed by atoms with Gasteiger partial charge >= 0.3 is 0 Å². The third kappa shape index (κ3) is 3.42. The predicted octanol–water partition coefficient (Wildman–Crippen LogP) is 3.66. The summed E-state index contributed by atoms with van der Waals surface area (Å²) in [6.45, 7) is 0.767. The third-order valence-corrected chi connectivity index (χ3v) is 5.77. The van der Waals surface area contributed by atoms with Crippen molar-refractivity contribution in [2.45, 2.75) is 42.8 Å². The lowest BCUT2D eigenvalue weighted by atomic mass is 10.1. The molecule has 0 radical (unpaired) electrons. The lowest BCUT2D eigenvalue weighted by Crippen LogP contribution is -2.10. The van der Waals surface area contributed by atoms with Crippen LogP contribution in [0.25, 0.3) is 0 Å². The fourth-order valence-corrected chi connectivity index (χ4v) is 4.21. The van der Waals surface area contributed by atoms with Gasteiger partial charge in [-0.2, -0.15) is 0 Å². The minimum absolute atomic E-state index is 0.242. The topological polar surface area (TPSA) is 47.0 Å². The summed E-state index contributed by atoms with van der Waals surface area (Å²) in [5.74, 6) is -3.37. The highest BCUT2D eigenvalue weighted by atomic mass is 32.2. The molecule has 1 aromatic carbocycles. The Kier molecular flexibility index (Phi) is 3.96. The van der Waals surface area contributed by atoms with Crippen LogP contribution in [-0.2, 0) is 34.4 Å². The number of benzene rings is 1. The highest BCUT2D eigenvalue weighted by molar-refractivity contribution is 7.90. The second-order valence-electron chi connectivity index (χ2n) is 6.01. The minimum atomic E-state index is -3.58. The quantitative estimate of drug-likeness (QED) is 0.855. The Morgan fingerprint density at radius 3 is 2.61 bits per heavy atom. The van der Waals surface area contributed by atoms with Gasteiger partial charge in [0.15, 0.2) is 9.84 Å². The lowest BCUT2D eigenvalue weighted by Gasteiger charge is -2.12. The van der Waals surface area contributed by atoms with Crippen LogP contribution in [0, 0.1) is 0 Å². The van der Waals surface area contributed by atoms with Crippen molar-refractivity contribution in [3.8, 4) is 0 Å². The highest BCUT2D eigenvalue weighted by Gasteiger charge is 2.26. The summed E-state index contributed by atoms with van der Waals surface area (Å²) in [5.41, 5.74) is 2.25. The van der Waals surface area contributed by atoms with Gasteiger partial charge in [-0.25, -0.2) is 17.2 Å². The van der Waals surface area contributed by atoms with Gasteiger partial charge in [-0.05, 0) is 54.2 Å². The maximum absolute atomic E-state index is 13.4. The van der Waals surface area contributed by atoms with Gasteiger partial charge in [0.2, 0.25) is 0 Å². The summed E-state index contributed by atoms with van der Waals surface area (Å²) in [6.07, 6.45) is 5.28. The Morgan fingerprint density at radius 2 is 1.87 bits per heavy atom. The van der Waals surface area contributed by atoms with E-state index in [4.69, 9.17) is 0 Å². The van der Waals surface area contributed by atoms with E-state index in [-0.39, 0.29) is 21.8 Å². The molecule has 1 heterocycles. The minimum Gasteiger partial charge on any atom is -0.264 e. The molecule has 23 heavy (non-hydrogen) atoms. The van der Waals surface area contributed by atoms with Crippen LogP contribution >= 0.6 is 0 Å². The van der Waals surface area contributed by atoms with Gasteiger partial charge in [0.25, 0.3) is 5.92 Å². The molecule has 0 saturated heterocycles. The number of sulfone groups is 1. The molecule has 2 aromatic rings. The van der Waals surface area contributed by atoms with Gasteiger partial charge in [0, 0.05) is 24.9 Å². The van der Waals surface area contributed by atoms with Gasteiger partial charge in [-0.1, -0.05) is 6.07 Å². The summed E-state index contributed by atoms with van der Waals surface area (Å²) < 4.78 is 51.8. The molecule has 0 amide bonds. The summed E-state index contributed by atoms with van der Waals surface area (Å²) >= 11 is 0. The van der Waals surface area contributed by atoms with E-state index in [0.29, 0.717) is 0 Å². The molecule has 0 aliphatic heterocycles. The average molecular weight is 337 g/mol. The summed E-state index contributed by atoms with van der Waals surface area (Å²) in [4.78, 5) is 3.98. The van der Waals surface area contributed by atoms with Crippen LogP contribution in [0.2, 0.25) is 0 Å². The molecule has 1 aliphatic carbocycles. The zero-order valence-electron chi connectivity index (χ0n) is 12.7. The molecule has 1 aromatic heterocycles. The Bertz CT molecular complexity index is 842. The number of pyridine rings is 1. The van der Waals surface area contributed by atoms with Crippen LogP contribution in [0.15, 0.2) is 41.6 Å². The first-order valence-electron chi connectivity index (χ1n) is 7.42. The number of alkyl halides is 2. The van der Waals surface area contributed by atoms with Crippen molar-refractivity contribution in [1.29, 1.82) is 0 Å². The number of aromatic nitrogens is 1. The van der Waals surface area contributed by atoms with E-state index in [1.54, 1.807) is 12.1 Å². The van der Waals surface area contributed by atoms with E-state index < -0.39 is 15.8 Å². The highest BCUT2D eigenvalue weighted by Crippen LogP contribution is 2.29. The maximum Gasteiger partial charge on any atom is 0.272 e. The van der Waals surface area contributed by atoms with E-state index in [9.17, 15) is 17.2 Å². The zero-order chi connectivity index (χ0) is 16.7. The lowest BCUT2D eigenvalue weighted by molar-refractivity contribution is 0.0170. The number of fused-ring (bicyclic) bond motifs is 1. The van der Waals surface area contributed by atoms with Crippen LogP contribution in [-0.4, -0.2) is 13.4 Å². The molecule has 0 fully saturated rings. The smallest absolute Gasteiger partial charge is 0.264 e. The zero-order valence-corrected chi connectivity index (χ0v) is 13.5. The number of hydrogen-bond donors (Lipinski definition) is 0. The fraction of sp³-hybridized carbons (Fsp3) is 0.353. The number of aryl methyl sites for hydroxylation is 2. The number of nitrogens with zero attached hydrogens (tertiary/aromatic N) is 1. The second-order valence-corrected chi connectivity index (χ2v) is 8.00. The Balaban J connectivity index is 1.90. The fourth-order valence-electron chi connectivity index (χ4n) is 2.85. The monoisotopic (exact) mass is 337 g/mol. The Hall–Kier alpha value is -1.82. The SMILES string of the molecule is CC(F)(F)c1cncc(CS(=O)(=O)c2ccc3c(c2)CCC3)c1. The predicted molar refractivity (Wildman–Crippen MR) is 83.2 cm³/mol. The van der Waals surface area contributed by atoms with Crippen molar-refractivity contribution in [2.75, 3.05) is 0 Å². The van der Waals surface area contributed by atoms with Gasteiger partial charge < -0.3 is 0 Å². The Morgan fingerprint density at radius 1 is 1.13 bits per heavy atom. The molecule has 0 unspecified atom stereocenters. The number of halogens is 2. The van der Waals surface area contributed by atoms with Gasteiger partial charge in [0.1, 0.15) is 0 Å².